The molecule has 0 saturated carbocycles. The Morgan fingerprint density at radius 3 is 2.50 bits per heavy atom. The quantitative estimate of drug-likeness (QED) is 0.529. The number of nitrogens with one attached hydrogen (secondary N) is 1. The lowest BCUT2D eigenvalue weighted by Gasteiger charge is -2.08. The predicted molar refractivity (Wildman–Crippen MR) is 116 cm³/mol. The highest BCUT2D eigenvalue weighted by Crippen LogP contribution is 2.24. The Morgan fingerprint density at radius 1 is 1.07 bits per heavy atom. The van der Waals surface area contributed by atoms with Gasteiger partial charge < -0.3 is 10.1 Å². The van der Waals surface area contributed by atoms with Crippen molar-refractivity contribution in [1.82, 2.24) is 20.1 Å². The van der Waals surface area contributed by atoms with Crippen LogP contribution in [0.4, 0.5) is 0 Å². The second-order valence-electron chi connectivity index (χ2n) is 6.93. The summed E-state index contributed by atoms with van der Waals surface area (Å²) in [4.78, 5) is 17.1. The molecular formula is C24H22N4O2. The van der Waals surface area contributed by atoms with Crippen LogP contribution in [0.15, 0.2) is 79.1 Å². The highest BCUT2D eigenvalue weighted by Gasteiger charge is 2.17. The zero-order valence-electron chi connectivity index (χ0n) is 16.9. The molecule has 2 heterocycles. The van der Waals surface area contributed by atoms with Crippen molar-refractivity contribution in [3.8, 4) is 22.7 Å². The van der Waals surface area contributed by atoms with Gasteiger partial charge in [0.05, 0.1) is 18.5 Å². The Kier molecular flexibility index (Phi) is 5.57. The molecule has 0 atom stereocenters. The van der Waals surface area contributed by atoms with Gasteiger partial charge in [0.25, 0.3) is 5.91 Å². The van der Waals surface area contributed by atoms with Crippen LogP contribution in [-0.4, -0.2) is 27.8 Å². The summed E-state index contributed by atoms with van der Waals surface area (Å²) in [5.41, 5.74) is 4.99. The molecule has 6 nitrogen and oxygen atoms in total. The van der Waals surface area contributed by atoms with Crippen molar-refractivity contribution in [2.24, 2.45) is 0 Å². The topological polar surface area (TPSA) is 69.0 Å². The van der Waals surface area contributed by atoms with Crippen molar-refractivity contribution in [3.63, 3.8) is 0 Å². The Bertz CT molecular complexity index is 1130. The van der Waals surface area contributed by atoms with Gasteiger partial charge in [-0.2, -0.15) is 5.10 Å². The molecule has 0 spiro atoms. The minimum absolute atomic E-state index is 0.202. The van der Waals surface area contributed by atoms with E-state index in [4.69, 9.17) is 9.84 Å². The molecule has 0 saturated heterocycles. The third-order valence-corrected chi connectivity index (χ3v) is 4.78. The van der Waals surface area contributed by atoms with Gasteiger partial charge in [-0.1, -0.05) is 23.8 Å². The number of benzene rings is 2. The fraction of sp³-hybridized carbons (Fsp3) is 0.125. The number of carbonyl (C=O) groups excluding carboxylic acids is 1. The van der Waals surface area contributed by atoms with Gasteiger partial charge in [0.2, 0.25) is 0 Å². The summed E-state index contributed by atoms with van der Waals surface area (Å²) in [6.45, 7) is 2.42. The van der Waals surface area contributed by atoms with Gasteiger partial charge in [0, 0.05) is 24.5 Å². The number of ether oxygens (including phenoxy) is 1. The van der Waals surface area contributed by atoms with Crippen LogP contribution in [0, 0.1) is 6.92 Å². The highest BCUT2D eigenvalue weighted by molar-refractivity contribution is 5.94. The summed E-state index contributed by atoms with van der Waals surface area (Å²) in [6.07, 6.45) is 3.44. The van der Waals surface area contributed by atoms with Crippen molar-refractivity contribution < 1.29 is 9.53 Å². The SMILES string of the molecule is COc1ccc(-c2cc(C(=O)NCc3cccnc3)n(-c3ccc(C)cc3)n2)cc1. The van der Waals surface area contributed by atoms with Crippen LogP contribution in [0.5, 0.6) is 5.75 Å². The first-order valence-corrected chi connectivity index (χ1v) is 9.62. The van der Waals surface area contributed by atoms with E-state index < -0.39 is 0 Å². The molecule has 0 radical (unpaired) electrons. The number of hydrogen-bond acceptors (Lipinski definition) is 4. The molecule has 0 bridgehead atoms. The van der Waals surface area contributed by atoms with E-state index in [1.807, 2.05) is 67.6 Å². The number of rotatable bonds is 6. The van der Waals surface area contributed by atoms with E-state index in [1.165, 1.54) is 0 Å². The second kappa shape index (κ2) is 8.61. The third-order valence-electron chi connectivity index (χ3n) is 4.78. The summed E-state index contributed by atoms with van der Waals surface area (Å²) >= 11 is 0. The van der Waals surface area contributed by atoms with Crippen LogP contribution in [0.2, 0.25) is 0 Å². The van der Waals surface area contributed by atoms with Crippen molar-refractivity contribution in [2.45, 2.75) is 13.5 Å². The smallest absolute Gasteiger partial charge is 0.270 e. The summed E-state index contributed by atoms with van der Waals surface area (Å²) in [5, 5.41) is 7.67. The maximum Gasteiger partial charge on any atom is 0.270 e. The molecule has 2 aromatic heterocycles. The fourth-order valence-electron chi connectivity index (χ4n) is 3.10. The molecule has 2 aromatic carbocycles. The van der Waals surface area contributed by atoms with Gasteiger partial charge >= 0.3 is 0 Å². The van der Waals surface area contributed by atoms with Crippen LogP contribution >= 0.6 is 0 Å². The molecule has 0 fully saturated rings. The maximum atomic E-state index is 13.0. The molecule has 0 aliphatic carbocycles. The van der Waals surface area contributed by atoms with Gasteiger partial charge in [-0.25, -0.2) is 4.68 Å². The molecule has 0 unspecified atom stereocenters. The lowest BCUT2D eigenvalue weighted by Crippen LogP contribution is -2.25. The summed E-state index contributed by atoms with van der Waals surface area (Å²) in [6, 6.07) is 21.1. The number of aromatic nitrogens is 3. The first-order chi connectivity index (χ1) is 14.6. The number of carbonyl (C=O) groups is 1. The minimum Gasteiger partial charge on any atom is -0.497 e. The summed E-state index contributed by atoms with van der Waals surface area (Å²) in [7, 11) is 1.63. The molecule has 0 aliphatic heterocycles. The van der Waals surface area contributed by atoms with Gasteiger partial charge in [-0.3, -0.25) is 9.78 Å². The van der Waals surface area contributed by atoms with Gasteiger partial charge in [-0.05, 0) is 61.0 Å². The average molecular weight is 398 g/mol. The molecule has 6 heteroatoms. The number of aryl methyl sites for hydroxylation is 1. The summed E-state index contributed by atoms with van der Waals surface area (Å²) in [5.74, 6) is 0.567. The third kappa shape index (κ3) is 4.22. The van der Waals surface area contributed by atoms with E-state index in [9.17, 15) is 4.79 Å². The molecule has 4 aromatic rings. The van der Waals surface area contributed by atoms with E-state index in [0.29, 0.717) is 17.9 Å². The predicted octanol–water partition coefficient (Wildman–Crippen LogP) is 4.18. The van der Waals surface area contributed by atoms with Gasteiger partial charge in [-0.15, -0.1) is 0 Å². The average Bonchev–Trinajstić information content (AvgIpc) is 3.24. The molecule has 4 rings (SSSR count). The van der Waals surface area contributed by atoms with Crippen LogP contribution in [-0.2, 0) is 6.54 Å². The minimum atomic E-state index is -0.202. The highest BCUT2D eigenvalue weighted by atomic mass is 16.5. The molecule has 1 N–H and O–H groups in total. The van der Waals surface area contributed by atoms with Crippen LogP contribution in [0.25, 0.3) is 16.9 Å². The molecule has 1 amide bonds. The van der Waals surface area contributed by atoms with E-state index in [0.717, 1.165) is 28.1 Å². The van der Waals surface area contributed by atoms with Crippen molar-refractivity contribution in [2.75, 3.05) is 7.11 Å². The second-order valence-corrected chi connectivity index (χ2v) is 6.93. The Hall–Kier alpha value is -3.93. The zero-order valence-corrected chi connectivity index (χ0v) is 16.9. The monoisotopic (exact) mass is 398 g/mol. The first-order valence-electron chi connectivity index (χ1n) is 9.62. The number of methoxy groups -OCH3 is 1. The van der Waals surface area contributed by atoms with E-state index in [2.05, 4.69) is 10.3 Å². The number of nitrogens with zero attached hydrogens (tertiary/aromatic N) is 3. The number of pyridine rings is 1. The van der Waals surface area contributed by atoms with Gasteiger partial charge in [0.1, 0.15) is 11.4 Å². The zero-order chi connectivity index (χ0) is 20.9. The van der Waals surface area contributed by atoms with E-state index in [1.54, 1.807) is 30.3 Å². The van der Waals surface area contributed by atoms with E-state index in [-0.39, 0.29) is 5.91 Å². The summed E-state index contributed by atoms with van der Waals surface area (Å²) < 4.78 is 6.91. The van der Waals surface area contributed by atoms with Crippen molar-refractivity contribution in [3.05, 3.63) is 95.9 Å². The fourth-order valence-corrected chi connectivity index (χ4v) is 3.10. The maximum absolute atomic E-state index is 13.0. The Balaban J connectivity index is 1.68. The molecule has 0 aliphatic rings. The van der Waals surface area contributed by atoms with Crippen LogP contribution in [0.1, 0.15) is 21.6 Å². The van der Waals surface area contributed by atoms with Crippen molar-refractivity contribution in [1.29, 1.82) is 0 Å². The molecular weight excluding hydrogens is 376 g/mol. The van der Waals surface area contributed by atoms with Gasteiger partial charge in [0.15, 0.2) is 0 Å². The molecule has 30 heavy (non-hydrogen) atoms. The lowest BCUT2D eigenvalue weighted by molar-refractivity contribution is 0.0943. The molecule has 150 valence electrons. The largest absolute Gasteiger partial charge is 0.497 e. The van der Waals surface area contributed by atoms with Crippen LogP contribution in [0.3, 0.4) is 0 Å². The van der Waals surface area contributed by atoms with Crippen LogP contribution < -0.4 is 10.1 Å². The Morgan fingerprint density at radius 2 is 1.83 bits per heavy atom. The first kappa shape index (κ1) is 19.4. The van der Waals surface area contributed by atoms with Crippen molar-refractivity contribution >= 4 is 5.91 Å². The van der Waals surface area contributed by atoms with E-state index >= 15 is 0 Å². The number of hydrogen-bond donors (Lipinski definition) is 1. The Labute approximate surface area is 175 Å². The normalized spacial score (nSPS) is 10.6. The number of amides is 1. The lowest BCUT2D eigenvalue weighted by atomic mass is 10.1. The standard InChI is InChI=1S/C24H22N4O2/c1-17-5-9-20(10-6-17)28-23(24(29)26-16-18-4-3-13-25-15-18)14-22(27-28)19-7-11-21(30-2)12-8-19/h3-15H,16H2,1-2H3,(H,26,29).